The Balaban J connectivity index is 0.000000362. The second-order valence-electron chi connectivity index (χ2n) is 8.00. The van der Waals surface area contributed by atoms with Gasteiger partial charge >= 0.3 is 24.3 Å². The molecule has 35 heavy (non-hydrogen) atoms. The number of fused-ring (bicyclic) bond motifs is 1. The molecule has 2 heterocycles. The molecule has 0 bridgehead atoms. The summed E-state index contributed by atoms with van der Waals surface area (Å²) in [5, 5.41) is 14.2. The van der Waals surface area contributed by atoms with Gasteiger partial charge in [0.1, 0.15) is 5.82 Å². The summed E-state index contributed by atoms with van der Waals surface area (Å²) in [5.41, 5.74) is 4.84. The number of aryl methyl sites for hydroxylation is 2. The number of imidazole rings is 1. The average Bonchev–Trinajstić information content (AvgIpc) is 3.09. The van der Waals surface area contributed by atoms with Gasteiger partial charge in [-0.1, -0.05) is 0 Å². The standard InChI is InChI=1S/C17H25N3O.2C2HF3O2/c1-12-8-15-16(9-13(12)2)19-17(18-15)11-20(3)10-14-4-6-21-7-5-14;2*3-2(4,5)1(6)7/h8-9,14H,4-7,10-11H2,1-3H3,(H,18,19);2*(H,6,7). The second kappa shape index (κ2) is 12.7. The van der Waals surface area contributed by atoms with Crippen molar-refractivity contribution >= 4 is 23.0 Å². The summed E-state index contributed by atoms with van der Waals surface area (Å²) in [6, 6.07) is 4.36. The second-order valence-corrected chi connectivity index (χ2v) is 8.00. The molecule has 3 rings (SSSR count). The van der Waals surface area contributed by atoms with Crippen LogP contribution >= 0.6 is 0 Å². The molecule has 3 N–H and O–H groups in total. The smallest absolute Gasteiger partial charge is 0.475 e. The molecular formula is C21H27F6N3O5. The molecule has 8 nitrogen and oxygen atoms in total. The number of ether oxygens (including phenoxy) is 1. The maximum absolute atomic E-state index is 10.6. The lowest BCUT2D eigenvalue weighted by molar-refractivity contribution is -0.193. The van der Waals surface area contributed by atoms with Gasteiger partial charge in [-0.3, -0.25) is 4.90 Å². The lowest BCUT2D eigenvalue weighted by Gasteiger charge is -2.26. The summed E-state index contributed by atoms with van der Waals surface area (Å²) in [6.45, 7) is 8.12. The fourth-order valence-corrected chi connectivity index (χ4v) is 3.09. The molecule has 0 unspecified atom stereocenters. The number of aliphatic carboxylic acids is 2. The minimum atomic E-state index is -5.08. The maximum Gasteiger partial charge on any atom is 0.490 e. The van der Waals surface area contributed by atoms with Crippen LogP contribution < -0.4 is 0 Å². The third kappa shape index (κ3) is 10.9. The molecule has 14 heteroatoms. The van der Waals surface area contributed by atoms with Gasteiger partial charge < -0.3 is 19.9 Å². The number of alkyl halides is 6. The molecule has 1 aliphatic rings. The minimum Gasteiger partial charge on any atom is -0.475 e. The van der Waals surface area contributed by atoms with Crippen molar-refractivity contribution in [2.45, 2.75) is 45.6 Å². The Labute approximate surface area is 196 Å². The van der Waals surface area contributed by atoms with E-state index in [-0.39, 0.29) is 0 Å². The van der Waals surface area contributed by atoms with E-state index >= 15 is 0 Å². The number of carbonyl (C=O) groups is 2. The molecule has 1 saturated heterocycles. The maximum atomic E-state index is 10.6. The predicted octanol–water partition coefficient (Wildman–Crippen LogP) is 4.30. The fraction of sp³-hybridized carbons (Fsp3) is 0.571. The van der Waals surface area contributed by atoms with Gasteiger partial charge in [-0.25, -0.2) is 14.6 Å². The van der Waals surface area contributed by atoms with Crippen molar-refractivity contribution in [3.05, 3.63) is 29.1 Å². The van der Waals surface area contributed by atoms with E-state index in [0.717, 1.165) is 49.1 Å². The minimum absolute atomic E-state index is 0.762. The van der Waals surface area contributed by atoms with Crippen LogP contribution in [-0.4, -0.2) is 76.2 Å². The summed E-state index contributed by atoms with van der Waals surface area (Å²) in [6.07, 6.45) is -7.80. The molecule has 0 amide bonds. The van der Waals surface area contributed by atoms with Crippen LogP contribution in [0.4, 0.5) is 26.3 Å². The number of H-pyrrole nitrogens is 1. The monoisotopic (exact) mass is 515 g/mol. The van der Waals surface area contributed by atoms with Crippen molar-refractivity contribution in [3.63, 3.8) is 0 Å². The van der Waals surface area contributed by atoms with Crippen LogP contribution in [0.2, 0.25) is 0 Å². The lowest BCUT2D eigenvalue weighted by Crippen LogP contribution is -2.29. The molecular weight excluding hydrogens is 488 g/mol. The van der Waals surface area contributed by atoms with Gasteiger partial charge in [0.15, 0.2) is 0 Å². The highest BCUT2D eigenvalue weighted by Gasteiger charge is 2.38. The van der Waals surface area contributed by atoms with E-state index in [2.05, 4.69) is 42.9 Å². The number of halogens is 6. The largest absolute Gasteiger partial charge is 0.490 e. The molecule has 0 atom stereocenters. The average molecular weight is 515 g/mol. The van der Waals surface area contributed by atoms with Gasteiger partial charge in [-0.15, -0.1) is 0 Å². The first-order valence-corrected chi connectivity index (χ1v) is 10.3. The first-order valence-electron chi connectivity index (χ1n) is 10.3. The number of aromatic nitrogens is 2. The highest BCUT2D eigenvalue weighted by atomic mass is 19.4. The highest BCUT2D eigenvalue weighted by Crippen LogP contribution is 2.19. The van der Waals surface area contributed by atoms with Crippen LogP contribution in [0, 0.1) is 19.8 Å². The van der Waals surface area contributed by atoms with Crippen molar-refractivity contribution in [1.29, 1.82) is 0 Å². The Bertz CT molecular complexity index is 921. The molecule has 1 fully saturated rings. The predicted molar refractivity (Wildman–Crippen MR) is 113 cm³/mol. The first kappa shape index (κ1) is 30.2. The van der Waals surface area contributed by atoms with E-state index in [1.807, 2.05) is 0 Å². The molecule has 1 aromatic carbocycles. The molecule has 0 radical (unpaired) electrons. The van der Waals surface area contributed by atoms with Gasteiger partial charge in [0, 0.05) is 19.8 Å². The summed E-state index contributed by atoms with van der Waals surface area (Å²) in [7, 11) is 2.18. The van der Waals surface area contributed by atoms with E-state index in [1.165, 1.54) is 24.0 Å². The number of rotatable bonds is 4. The quantitative estimate of drug-likeness (QED) is 0.520. The van der Waals surface area contributed by atoms with Crippen LogP contribution in [0.1, 0.15) is 29.8 Å². The SMILES string of the molecule is Cc1cc2nc(CN(C)CC3CCOCC3)[nH]c2cc1C.O=C(O)C(F)(F)F.O=C(O)C(F)(F)F. The third-order valence-electron chi connectivity index (χ3n) is 4.96. The summed E-state index contributed by atoms with van der Waals surface area (Å²) in [5.74, 6) is -3.69. The topological polar surface area (TPSA) is 116 Å². The first-order chi connectivity index (χ1) is 16.0. The molecule has 1 aliphatic heterocycles. The normalized spacial score (nSPS) is 14.7. The Hall–Kier alpha value is -2.87. The number of carboxylic acids is 2. The van der Waals surface area contributed by atoms with E-state index in [1.54, 1.807) is 0 Å². The van der Waals surface area contributed by atoms with Gasteiger partial charge in [-0.2, -0.15) is 26.3 Å². The molecule has 0 spiro atoms. The van der Waals surface area contributed by atoms with E-state index in [4.69, 9.17) is 29.5 Å². The molecule has 1 aromatic heterocycles. The van der Waals surface area contributed by atoms with Crippen LogP contribution in [0.25, 0.3) is 11.0 Å². The number of hydrogen-bond donors (Lipinski definition) is 3. The van der Waals surface area contributed by atoms with Crippen molar-refractivity contribution in [2.75, 3.05) is 26.8 Å². The third-order valence-corrected chi connectivity index (χ3v) is 4.96. The number of carboxylic acid groups (broad SMARTS) is 2. The number of hydrogen-bond acceptors (Lipinski definition) is 5. The number of nitrogens with zero attached hydrogens (tertiary/aromatic N) is 2. The van der Waals surface area contributed by atoms with Gasteiger partial charge in [0.05, 0.1) is 17.6 Å². The van der Waals surface area contributed by atoms with Gasteiger partial charge in [-0.05, 0) is 62.9 Å². The zero-order valence-corrected chi connectivity index (χ0v) is 19.3. The van der Waals surface area contributed by atoms with Crippen LogP contribution in [0.15, 0.2) is 12.1 Å². The number of benzene rings is 1. The van der Waals surface area contributed by atoms with Crippen LogP contribution in [0.5, 0.6) is 0 Å². The van der Waals surface area contributed by atoms with Crippen LogP contribution in [0.3, 0.4) is 0 Å². The van der Waals surface area contributed by atoms with Crippen molar-refractivity contribution in [2.24, 2.45) is 5.92 Å². The number of aromatic amines is 1. The summed E-state index contributed by atoms with van der Waals surface area (Å²) in [4.78, 5) is 28.3. The lowest BCUT2D eigenvalue weighted by atomic mass is 10.00. The van der Waals surface area contributed by atoms with Crippen molar-refractivity contribution < 1.29 is 50.9 Å². The zero-order chi connectivity index (χ0) is 27.0. The van der Waals surface area contributed by atoms with E-state index in [0.29, 0.717) is 0 Å². The van der Waals surface area contributed by atoms with Gasteiger partial charge in [0.2, 0.25) is 0 Å². The molecule has 0 saturated carbocycles. The molecule has 198 valence electrons. The zero-order valence-electron chi connectivity index (χ0n) is 19.3. The van der Waals surface area contributed by atoms with E-state index < -0.39 is 24.3 Å². The summed E-state index contributed by atoms with van der Waals surface area (Å²) < 4.78 is 68.9. The van der Waals surface area contributed by atoms with Gasteiger partial charge in [0.25, 0.3) is 0 Å². The van der Waals surface area contributed by atoms with Crippen LogP contribution in [-0.2, 0) is 20.9 Å². The molecule has 2 aromatic rings. The van der Waals surface area contributed by atoms with Crippen molar-refractivity contribution in [3.8, 4) is 0 Å². The van der Waals surface area contributed by atoms with Crippen molar-refractivity contribution in [1.82, 2.24) is 14.9 Å². The Morgan fingerprint density at radius 3 is 1.94 bits per heavy atom. The van der Waals surface area contributed by atoms with E-state index in [9.17, 15) is 26.3 Å². The Morgan fingerprint density at radius 2 is 1.49 bits per heavy atom. The Morgan fingerprint density at radius 1 is 1.03 bits per heavy atom. The fourth-order valence-electron chi connectivity index (χ4n) is 3.09. The Kier molecular flexibility index (Phi) is 11.0. The number of nitrogens with one attached hydrogen (secondary N) is 1. The highest BCUT2D eigenvalue weighted by molar-refractivity contribution is 5.77. The molecule has 0 aliphatic carbocycles. The summed E-state index contributed by atoms with van der Waals surface area (Å²) >= 11 is 0.